The molecule has 0 unspecified atom stereocenters. The second-order valence-corrected chi connectivity index (χ2v) is 5.31. The predicted molar refractivity (Wildman–Crippen MR) is 63.7 cm³/mol. The van der Waals surface area contributed by atoms with Crippen LogP contribution < -0.4 is 0 Å². The topological polar surface area (TPSA) is 18.8 Å². The fourth-order valence-corrected chi connectivity index (χ4v) is 2.19. The summed E-state index contributed by atoms with van der Waals surface area (Å²) in [7, 11) is 5.28. The Kier molecular flexibility index (Phi) is 6.47. The summed E-state index contributed by atoms with van der Waals surface area (Å²) < 4.78 is 35.9. The summed E-state index contributed by atoms with van der Waals surface area (Å²) in [4.78, 5) is 7.67. The van der Waals surface area contributed by atoms with Gasteiger partial charge in [-0.05, 0) is 0 Å². The Balaban J connectivity index is 4.36. The van der Waals surface area contributed by atoms with E-state index in [4.69, 9.17) is 0 Å². The highest BCUT2D eigenvalue weighted by Gasteiger charge is 2.26. The number of alkyl halides is 3. The molecule has 0 aromatic carbocycles. The van der Waals surface area contributed by atoms with Gasteiger partial charge >= 0.3 is 6.18 Å². The minimum atomic E-state index is -4.13. The second kappa shape index (κ2) is 6.77. The molecule has 96 valence electrons. The molecule has 0 aromatic rings. The van der Waals surface area contributed by atoms with Crippen molar-refractivity contribution in [2.45, 2.75) is 19.1 Å². The van der Waals surface area contributed by atoms with Gasteiger partial charge in [0.15, 0.2) is 5.96 Å². The smallest absolute Gasteiger partial charge is 0.350 e. The van der Waals surface area contributed by atoms with E-state index in [0.717, 1.165) is 6.17 Å². The predicted octanol–water partition coefficient (Wildman–Crippen LogP) is 0.963. The van der Waals surface area contributed by atoms with Crippen LogP contribution in [0.15, 0.2) is 4.99 Å². The summed E-state index contributed by atoms with van der Waals surface area (Å²) >= 11 is 0. The van der Waals surface area contributed by atoms with Crippen molar-refractivity contribution in [3.8, 4) is 0 Å². The van der Waals surface area contributed by atoms with Crippen LogP contribution in [0, 0.1) is 0 Å². The van der Waals surface area contributed by atoms with Gasteiger partial charge < -0.3 is 9.80 Å². The van der Waals surface area contributed by atoms with Crippen LogP contribution in [-0.2, 0) is 0 Å². The molecule has 16 heavy (non-hydrogen) atoms. The zero-order chi connectivity index (χ0) is 12.8. The Labute approximate surface area is 97.1 Å². The van der Waals surface area contributed by atoms with Gasteiger partial charge in [-0.25, -0.2) is 0 Å². The first-order valence-electron chi connectivity index (χ1n) is 5.27. The highest BCUT2D eigenvalue weighted by Crippen LogP contribution is 2.19. The van der Waals surface area contributed by atoms with Crippen molar-refractivity contribution in [2.24, 2.45) is 4.99 Å². The van der Waals surface area contributed by atoms with E-state index < -0.39 is 12.6 Å². The summed E-state index contributed by atoms with van der Waals surface area (Å²) in [6.07, 6.45) is -4.07. The van der Waals surface area contributed by atoms with Crippen molar-refractivity contribution < 1.29 is 13.2 Å². The standard InChI is InChI=1S/C9H20F3N3Si/c1-14(2)8(15(3)7-16-4)13-6-5-9(10,11)12/h5-7,16H2,1-4H3. The Hall–Kier alpha value is -0.723. The summed E-state index contributed by atoms with van der Waals surface area (Å²) in [6, 6.07) is 0. The van der Waals surface area contributed by atoms with Crippen LogP contribution >= 0.6 is 0 Å². The lowest BCUT2D eigenvalue weighted by molar-refractivity contribution is -0.132. The molecule has 0 N–H and O–H groups in total. The molecule has 0 fully saturated rings. The van der Waals surface area contributed by atoms with E-state index in [-0.39, 0.29) is 16.1 Å². The maximum absolute atomic E-state index is 12.0. The third-order valence-corrected chi connectivity index (χ3v) is 3.07. The third-order valence-electron chi connectivity index (χ3n) is 1.95. The fourth-order valence-electron chi connectivity index (χ4n) is 1.32. The molecule has 0 radical (unpaired) electrons. The first-order valence-corrected chi connectivity index (χ1v) is 7.69. The van der Waals surface area contributed by atoms with Crippen LogP contribution in [0.5, 0.6) is 0 Å². The summed E-state index contributed by atoms with van der Waals surface area (Å²) in [5.41, 5.74) is 0. The van der Waals surface area contributed by atoms with E-state index >= 15 is 0 Å². The number of guanidine groups is 1. The number of hydrogen-bond donors (Lipinski definition) is 0. The zero-order valence-electron chi connectivity index (χ0n) is 10.3. The highest BCUT2D eigenvalue weighted by atomic mass is 28.2. The Morgan fingerprint density at radius 2 is 1.81 bits per heavy atom. The maximum Gasteiger partial charge on any atom is 0.390 e. The molecule has 0 aliphatic heterocycles. The van der Waals surface area contributed by atoms with Gasteiger partial charge in [0.25, 0.3) is 0 Å². The molecule has 0 spiro atoms. The monoisotopic (exact) mass is 255 g/mol. The van der Waals surface area contributed by atoms with Crippen molar-refractivity contribution in [1.82, 2.24) is 9.80 Å². The molecule has 0 saturated heterocycles. The lowest BCUT2D eigenvalue weighted by Crippen LogP contribution is -2.40. The normalized spacial score (nSPS) is 13.6. The van der Waals surface area contributed by atoms with Gasteiger partial charge in [-0.3, -0.25) is 4.99 Å². The fraction of sp³-hybridized carbons (Fsp3) is 0.889. The Morgan fingerprint density at radius 1 is 1.25 bits per heavy atom. The second-order valence-electron chi connectivity index (χ2n) is 3.86. The van der Waals surface area contributed by atoms with E-state index in [2.05, 4.69) is 11.5 Å². The van der Waals surface area contributed by atoms with Crippen molar-refractivity contribution in [3.05, 3.63) is 0 Å². The Morgan fingerprint density at radius 3 is 2.19 bits per heavy atom. The van der Waals surface area contributed by atoms with Crippen LogP contribution in [0.25, 0.3) is 0 Å². The molecule has 0 atom stereocenters. The summed E-state index contributed by atoms with van der Waals surface area (Å²) in [5.74, 6) is 0.624. The minimum absolute atomic E-state index is 0.163. The molecule has 7 heteroatoms. The van der Waals surface area contributed by atoms with Gasteiger partial charge in [-0.1, -0.05) is 6.55 Å². The molecule has 0 aliphatic carbocycles. The summed E-state index contributed by atoms with van der Waals surface area (Å²) in [6.45, 7) is 1.95. The molecular formula is C9H20F3N3Si. The minimum Gasteiger partial charge on any atom is -0.350 e. The number of nitrogens with zero attached hydrogens (tertiary/aromatic N) is 3. The number of aliphatic imine (C=N–C) groups is 1. The van der Waals surface area contributed by atoms with Gasteiger partial charge in [0.05, 0.1) is 13.0 Å². The van der Waals surface area contributed by atoms with Crippen molar-refractivity contribution in [3.63, 3.8) is 0 Å². The molecule has 0 saturated carbocycles. The van der Waals surface area contributed by atoms with Gasteiger partial charge in [0.1, 0.15) is 0 Å². The van der Waals surface area contributed by atoms with Crippen LogP contribution in [0.2, 0.25) is 6.55 Å². The van der Waals surface area contributed by atoms with E-state index in [1.165, 1.54) is 0 Å². The highest BCUT2D eigenvalue weighted by molar-refractivity contribution is 6.34. The molecule has 0 rings (SSSR count). The van der Waals surface area contributed by atoms with E-state index in [9.17, 15) is 13.2 Å². The van der Waals surface area contributed by atoms with Gasteiger partial charge in [0, 0.05) is 36.8 Å². The van der Waals surface area contributed by atoms with Gasteiger partial charge in [-0.15, -0.1) is 0 Å². The number of rotatable bonds is 4. The lowest BCUT2D eigenvalue weighted by Gasteiger charge is -2.26. The molecule has 3 nitrogen and oxygen atoms in total. The zero-order valence-corrected chi connectivity index (χ0v) is 11.7. The van der Waals surface area contributed by atoms with Crippen LogP contribution in [0.1, 0.15) is 6.42 Å². The van der Waals surface area contributed by atoms with E-state index in [1.807, 2.05) is 11.9 Å². The van der Waals surface area contributed by atoms with Crippen LogP contribution in [0.3, 0.4) is 0 Å². The van der Waals surface area contributed by atoms with Crippen molar-refractivity contribution >= 4 is 15.5 Å². The van der Waals surface area contributed by atoms with Crippen LogP contribution in [0.4, 0.5) is 13.2 Å². The maximum atomic E-state index is 12.0. The molecule has 0 bridgehead atoms. The largest absolute Gasteiger partial charge is 0.390 e. The molecule has 0 aliphatic rings. The number of hydrogen-bond acceptors (Lipinski definition) is 1. The van der Waals surface area contributed by atoms with Crippen molar-refractivity contribution in [1.29, 1.82) is 0 Å². The van der Waals surface area contributed by atoms with Crippen molar-refractivity contribution in [2.75, 3.05) is 33.9 Å². The SMILES string of the molecule is C[SiH2]CN(C)C(=NCCC(F)(F)F)N(C)C. The third kappa shape index (κ3) is 6.70. The van der Waals surface area contributed by atoms with Gasteiger partial charge in [-0.2, -0.15) is 13.2 Å². The molecule has 0 heterocycles. The van der Waals surface area contributed by atoms with E-state index in [0.29, 0.717) is 5.96 Å². The van der Waals surface area contributed by atoms with Gasteiger partial charge in [0.2, 0.25) is 0 Å². The average Bonchev–Trinajstić information content (AvgIpc) is 2.10. The molecular weight excluding hydrogens is 235 g/mol. The summed E-state index contributed by atoms with van der Waals surface area (Å²) in [5, 5.41) is 0. The first-order chi connectivity index (χ1) is 7.28. The number of halogens is 3. The molecule has 0 amide bonds. The first kappa shape index (κ1) is 15.3. The average molecular weight is 255 g/mol. The van der Waals surface area contributed by atoms with E-state index in [1.54, 1.807) is 19.0 Å². The van der Waals surface area contributed by atoms with Crippen LogP contribution in [-0.4, -0.2) is 65.3 Å². The lowest BCUT2D eigenvalue weighted by atomic mass is 10.4. The molecule has 0 aromatic heterocycles. The quantitative estimate of drug-likeness (QED) is 0.423. The Bertz CT molecular complexity index is 229.